The molecule has 0 aliphatic heterocycles. The fourth-order valence-electron chi connectivity index (χ4n) is 2.21. The smallest absolute Gasteiger partial charge is 0.126 e. The molecule has 0 radical (unpaired) electrons. The van der Waals surface area contributed by atoms with Gasteiger partial charge in [0.25, 0.3) is 0 Å². The molecule has 0 atom stereocenters. The van der Waals surface area contributed by atoms with Crippen molar-refractivity contribution < 1.29 is 4.39 Å². The molecule has 1 heteroatoms. The van der Waals surface area contributed by atoms with E-state index in [0.717, 1.165) is 17.0 Å². The minimum absolute atomic E-state index is 0.124. The normalized spacial score (nSPS) is 14.3. The van der Waals surface area contributed by atoms with Gasteiger partial charge in [-0.25, -0.2) is 4.39 Å². The second kappa shape index (κ2) is 10.1. The summed E-state index contributed by atoms with van der Waals surface area (Å²) in [6.07, 6.45) is 7.43. The molecule has 2 rings (SSSR count). The summed E-state index contributed by atoms with van der Waals surface area (Å²) in [4.78, 5) is 0. The largest absolute Gasteiger partial charge is 0.207 e. The summed E-state index contributed by atoms with van der Waals surface area (Å²) in [5.74, 6) is 0.973. The van der Waals surface area contributed by atoms with Crippen molar-refractivity contribution in [2.75, 3.05) is 0 Å². The molecule has 0 saturated heterocycles. The summed E-state index contributed by atoms with van der Waals surface area (Å²) in [5.41, 5.74) is 1.82. The van der Waals surface area contributed by atoms with Crippen LogP contribution in [0.3, 0.4) is 0 Å². The van der Waals surface area contributed by atoms with E-state index in [-0.39, 0.29) is 5.82 Å². The van der Waals surface area contributed by atoms with Crippen molar-refractivity contribution in [3.8, 4) is 0 Å². The van der Waals surface area contributed by atoms with E-state index in [1.807, 2.05) is 26.8 Å². The van der Waals surface area contributed by atoms with E-state index in [2.05, 4.69) is 6.92 Å². The number of rotatable bonds is 1. The van der Waals surface area contributed by atoms with Crippen molar-refractivity contribution in [3.63, 3.8) is 0 Å². The van der Waals surface area contributed by atoms with E-state index in [1.54, 1.807) is 13.0 Å². The SMILES string of the molecule is CC.CCC1CCCC1.Cc1ccc(F)c(C)c1. The van der Waals surface area contributed by atoms with Crippen molar-refractivity contribution in [3.05, 3.63) is 35.1 Å². The van der Waals surface area contributed by atoms with E-state index < -0.39 is 0 Å². The molecule has 18 heavy (non-hydrogen) atoms. The van der Waals surface area contributed by atoms with E-state index in [9.17, 15) is 4.39 Å². The molecule has 0 bridgehead atoms. The summed E-state index contributed by atoms with van der Waals surface area (Å²) < 4.78 is 12.5. The zero-order valence-electron chi connectivity index (χ0n) is 12.7. The number of hydrogen-bond donors (Lipinski definition) is 0. The molecular weight excluding hydrogens is 223 g/mol. The Labute approximate surface area is 113 Å². The third-order valence-corrected chi connectivity index (χ3v) is 3.37. The predicted octanol–water partition coefficient (Wildman–Crippen LogP) is 6.06. The quantitative estimate of drug-likeness (QED) is 0.570. The van der Waals surface area contributed by atoms with E-state index >= 15 is 0 Å². The molecule has 0 nitrogen and oxygen atoms in total. The Morgan fingerprint density at radius 1 is 1.11 bits per heavy atom. The Morgan fingerprint density at radius 2 is 1.67 bits per heavy atom. The van der Waals surface area contributed by atoms with Crippen LogP contribution in [0.5, 0.6) is 0 Å². The fraction of sp³-hybridized carbons (Fsp3) is 0.647. The van der Waals surface area contributed by atoms with Crippen LogP contribution in [0.25, 0.3) is 0 Å². The van der Waals surface area contributed by atoms with Gasteiger partial charge in [-0.3, -0.25) is 0 Å². The topological polar surface area (TPSA) is 0 Å². The highest BCUT2D eigenvalue weighted by atomic mass is 19.1. The standard InChI is InChI=1S/C8H9F.C7H14.C2H6/c1-6-3-4-8(9)7(2)5-6;1-2-7-5-3-4-6-7;1-2/h3-5H,1-2H3;7H,2-6H2,1H3;1-2H3. The fourth-order valence-corrected chi connectivity index (χ4v) is 2.21. The molecule has 0 spiro atoms. The second-order valence-corrected chi connectivity index (χ2v) is 4.81. The number of aryl methyl sites for hydroxylation is 2. The molecule has 1 aliphatic carbocycles. The Kier molecular flexibility index (Phi) is 9.63. The highest BCUT2D eigenvalue weighted by molar-refractivity contribution is 5.22. The molecule has 1 fully saturated rings. The minimum atomic E-state index is -0.124. The molecule has 1 saturated carbocycles. The van der Waals surface area contributed by atoms with Gasteiger partial charge in [0.1, 0.15) is 5.82 Å². The van der Waals surface area contributed by atoms with Gasteiger partial charge in [0.15, 0.2) is 0 Å². The third-order valence-electron chi connectivity index (χ3n) is 3.37. The van der Waals surface area contributed by atoms with Crippen LogP contribution in [0.4, 0.5) is 4.39 Å². The van der Waals surface area contributed by atoms with Gasteiger partial charge in [-0.05, 0) is 31.4 Å². The minimum Gasteiger partial charge on any atom is -0.207 e. The first-order chi connectivity index (χ1) is 8.63. The molecule has 1 aromatic carbocycles. The summed E-state index contributed by atoms with van der Waals surface area (Å²) in [7, 11) is 0. The average molecular weight is 252 g/mol. The highest BCUT2D eigenvalue weighted by Gasteiger charge is 2.11. The van der Waals surface area contributed by atoms with Gasteiger partial charge >= 0.3 is 0 Å². The van der Waals surface area contributed by atoms with Gasteiger partial charge in [0, 0.05) is 0 Å². The Morgan fingerprint density at radius 3 is 2.00 bits per heavy atom. The first kappa shape index (κ1) is 17.2. The summed E-state index contributed by atoms with van der Waals surface area (Å²) >= 11 is 0. The maximum Gasteiger partial charge on any atom is 0.126 e. The van der Waals surface area contributed by atoms with Gasteiger partial charge < -0.3 is 0 Å². The number of hydrogen-bond acceptors (Lipinski definition) is 0. The van der Waals surface area contributed by atoms with Gasteiger partial charge in [0.2, 0.25) is 0 Å². The first-order valence-electron chi connectivity index (χ1n) is 7.36. The van der Waals surface area contributed by atoms with Crippen LogP contribution in [-0.2, 0) is 0 Å². The molecule has 1 aromatic rings. The van der Waals surface area contributed by atoms with E-state index in [1.165, 1.54) is 38.2 Å². The van der Waals surface area contributed by atoms with Crippen LogP contribution in [-0.4, -0.2) is 0 Å². The van der Waals surface area contributed by atoms with Crippen LogP contribution in [0.1, 0.15) is 64.0 Å². The molecule has 0 N–H and O–H groups in total. The molecule has 0 unspecified atom stereocenters. The van der Waals surface area contributed by atoms with Crippen LogP contribution in [0.2, 0.25) is 0 Å². The maximum absolute atomic E-state index is 12.5. The maximum atomic E-state index is 12.5. The first-order valence-corrected chi connectivity index (χ1v) is 7.36. The Balaban J connectivity index is 0.000000289. The van der Waals surface area contributed by atoms with Crippen molar-refractivity contribution in [2.24, 2.45) is 5.92 Å². The Hall–Kier alpha value is -0.850. The van der Waals surface area contributed by atoms with E-state index in [0.29, 0.717) is 0 Å². The predicted molar refractivity (Wildman–Crippen MR) is 79.5 cm³/mol. The van der Waals surface area contributed by atoms with Crippen LogP contribution in [0, 0.1) is 25.6 Å². The average Bonchev–Trinajstić information content (AvgIpc) is 2.91. The van der Waals surface area contributed by atoms with Crippen molar-refractivity contribution in [2.45, 2.75) is 66.7 Å². The monoisotopic (exact) mass is 252 g/mol. The summed E-state index contributed by atoms with van der Waals surface area (Å²) in [5, 5.41) is 0. The number of benzene rings is 1. The lowest BCUT2D eigenvalue weighted by molar-refractivity contribution is 0.531. The Bertz CT molecular complexity index is 311. The van der Waals surface area contributed by atoms with Gasteiger partial charge in [0.05, 0.1) is 0 Å². The molecule has 104 valence electrons. The summed E-state index contributed by atoms with van der Waals surface area (Å²) in [6, 6.07) is 5.09. The summed E-state index contributed by atoms with van der Waals surface area (Å²) in [6.45, 7) is 10.0. The van der Waals surface area contributed by atoms with E-state index in [4.69, 9.17) is 0 Å². The lowest BCUT2D eigenvalue weighted by Gasteiger charge is -1.99. The highest BCUT2D eigenvalue weighted by Crippen LogP contribution is 2.26. The van der Waals surface area contributed by atoms with Crippen LogP contribution < -0.4 is 0 Å². The molecule has 0 amide bonds. The van der Waals surface area contributed by atoms with Gasteiger partial charge in [-0.2, -0.15) is 0 Å². The van der Waals surface area contributed by atoms with Crippen molar-refractivity contribution in [1.29, 1.82) is 0 Å². The molecular formula is C17H29F. The second-order valence-electron chi connectivity index (χ2n) is 4.81. The molecule has 1 aliphatic rings. The zero-order chi connectivity index (χ0) is 14.0. The number of halogens is 1. The van der Waals surface area contributed by atoms with Crippen molar-refractivity contribution in [1.82, 2.24) is 0 Å². The molecule has 0 heterocycles. The van der Waals surface area contributed by atoms with Gasteiger partial charge in [-0.1, -0.05) is 70.6 Å². The lowest BCUT2D eigenvalue weighted by atomic mass is 10.1. The van der Waals surface area contributed by atoms with Crippen molar-refractivity contribution >= 4 is 0 Å². The lowest BCUT2D eigenvalue weighted by Crippen LogP contribution is -1.86. The zero-order valence-corrected chi connectivity index (χ0v) is 12.7. The van der Waals surface area contributed by atoms with Crippen LogP contribution in [0.15, 0.2) is 18.2 Å². The van der Waals surface area contributed by atoms with Crippen LogP contribution >= 0.6 is 0 Å². The van der Waals surface area contributed by atoms with Gasteiger partial charge in [-0.15, -0.1) is 0 Å². The molecule has 0 aromatic heterocycles. The third kappa shape index (κ3) is 6.78.